The topological polar surface area (TPSA) is 83.6 Å². The van der Waals surface area contributed by atoms with Gasteiger partial charge in [0.05, 0.1) is 11.6 Å². The van der Waals surface area contributed by atoms with Gasteiger partial charge in [0, 0.05) is 24.2 Å². The van der Waals surface area contributed by atoms with Crippen molar-refractivity contribution in [2.45, 2.75) is 27.2 Å². The second kappa shape index (κ2) is 5.53. The maximum absolute atomic E-state index is 12.1. The zero-order chi connectivity index (χ0) is 16.7. The lowest BCUT2D eigenvalue weighted by Crippen LogP contribution is -2.26. The maximum Gasteiger partial charge on any atom is 0.308 e. The summed E-state index contributed by atoms with van der Waals surface area (Å²) in [5, 5.41) is 13.1. The van der Waals surface area contributed by atoms with Gasteiger partial charge in [-0.05, 0) is 44.0 Å². The molecule has 3 rings (SSSR count). The van der Waals surface area contributed by atoms with Crippen LogP contribution in [-0.4, -0.2) is 28.7 Å². The summed E-state index contributed by atoms with van der Waals surface area (Å²) in [4.78, 5) is 24.8. The van der Waals surface area contributed by atoms with Crippen molar-refractivity contribution < 1.29 is 19.2 Å². The number of nitrogens with zero attached hydrogens (tertiary/aromatic N) is 2. The lowest BCUT2D eigenvalue weighted by Gasteiger charge is -2.19. The summed E-state index contributed by atoms with van der Waals surface area (Å²) in [5.41, 5.74) is 4.42. The molecule has 1 aromatic carbocycles. The van der Waals surface area contributed by atoms with Gasteiger partial charge in [0.15, 0.2) is 0 Å². The van der Waals surface area contributed by atoms with Crippen LogP contribution in [0.25, 0.3) is 11.1 Å². The van der Waals surface area contributed by atoms with Gasteiger partial charge < -0.3 is 14.5 Å². The van der Waals surface area contributed by atoms with E-state index in [1.54, 1.807) is 4.90 Å². The van der Waals surface area contributed by atoms with Crippen molar-refractivity contribution in [3.8, 4) is 11.1 Å². The Bertz CT molecular complexity index is 774. The zero-order valence-electron chi connectivity index (χ0n) is 13.3. The number of amides is 1. The molecule has 2 aromatic rings. The Hall–Kier alpha value is -2.63. The van der Waals surface area contributed by atoms with Crippen LogP contribution in [0.2, 0.25) is 0 Å². The first-order valence-corrected chi connectivity index (χ1v) is 7.45. The Morgan fingerprint density at radius 1 is 1.35 bits per heavy atom. The molecular formula is C17H18N2O4. The molecule has 2 heterocycles. The van der Waals surface area contributed by atoms with Crippen molar-refractivity contribution in [2.75, 3.05) is 11.4 Å². The Labute approximate surface area is 133 Å². The molecule has 0 spiro atoms. The number of carboxylic acid groups (broad SMARTS) is 1. The summed E-state index contributed by atoms with van der Waals surface area (Å²) < 4.78 is 5.20. The minimum atomic E-state index is -0.925. The highest BCUT2D eigenvalue weighted by Gasteiger charge is 2.35. The number of aryl methyl sites for hydroxylation is 3. The van der Waals surface area contributed by atoms with Crippen LogP contribution in [0.1, 0.15) is 23.4 Å². The van der Waals surface area contributed by atoms with Crippen LogP contribution in [0.3, 0.4) is 0 Å². The van der Waals surface area contributed by atoms with Crippen LogP contribution in [-0.2, 0) is 9.59 Å². The highest BCUT2D eigenvalue weighted by molar-refractivity contribution is 6.00. The van der Waals surface area contributed by atoms with E-state index >= 15 is 0 Å². The Morgan fingerprint density at radius 2 is 2.09 bits per heavy atom. The largest absolute Gasteiger partial charge is 0.481 e. The summed E-state index contributed by atoms with van der Waals surface area (Å²) in [5.74, 6) is -0.960. The summed E-state index contributed by atoms with van der Waals surface area (Å²) in [6.07, 6.45) is 0.0559. The number of hydrogen-bond acceptors (Lipinski definition) is 4. The predicted molar refractivity (Wildman–Crippen MR) is 84.2 cm³/mol. The monoisotopic (exact) mass is 314 g/mol. The number of aromatic nitrogens is 1. The van der Waals surface area contributed by atoms with Gasteiger partial charge in [0.1, 0.15) is 5.76 Å². The second-order valence-corrected chi connectivity index (χ2v) is 5.94. The Kier molecular flexibility index (Phi) is 3.67. The molecule has 1 aromatic heterocycles. The molecule has 6 nitrogen and oxygen atoms in total. The first-order chi connectivity index (χ1) is 10.9. The summed E-state index contributed by atoms with van der Waals surface area (Å²) >= 11 is 0. The summed E-state index contributed by atoms with van der Waals surface area (Å²) in [7, 11) is 0. The SMILES string of the molecule is Cc1cc(-c2c(C)noc2C)ccc1N1CC(C(=O)O)CC1=O. The fraction of sp³-hybridized carbons (Fsp3) is 0.353. The lowest BCUT2D eigenvalue weighted by molar-refractivity contribution is -0.141. The lowest BCUT2D eigenvalue weighted by atomic mass is 10.0. The number of aliphatic carboxylic acids is 1. The normalized spacial score (nSPS) is 17.8. The van der Waals surface area contributed by atoms with Crippen LogP contribution >= 0.6 is 0 Å². The van der Waals surface area contributed by atoms with Gasteiger partial charge in [-0.15, -0.1) is 0 Å². The van der Waals surface area contributed by atoms with Gasteiger partial charge >= 0.3 is 5.97 Å². The third-order valence-electron chi connectivity index (χ3n) is 4.28. The van der Waals surface area contributed by atoms with E-state index in [1.807, 2.05) is 39.0 Å². The van der Waals surface area contributed by atoms with E-state index in [0.29, 0.717) is 0 Å². The van der Waals surface area contributed by atoms with Gasteiger partial charge in [-0.2, -0.15) is 0 Å². The molecule has 1 aliphatic heterocycles. The number of benzene rings is 1. The molecule has 1 N–H and O–H groups in total. The molecule has 0 aliphatic carbocycles. The highest BCUT2D eigenvalue weighted by atomic mass is 16.5. The van der Waals surface area contributed by atoms with Crippen molar-refractivity contribution in [1.29, 1.82) is 0 Å². The molecule has 0 saturated carbocycles. The van der Waals surface area contributed by atoms with Gasteiger partial charge in [-0.1, -0.05) is 11.2 Å². The molecule has 1 unspecified atom stereocenters. The molecule has 6 heteroatoms. The Balaban J connectivity index is 1.95. The van der Waals surface area contributed by atoms with Gasteiger partial charge in [0.2, 0.25) is 5.91 Å². The number of rotatable bonds is 3. The molecule has 1 fully saturated rings. The standard InChI is InChI=1S/C17H18N2O4/c1-9-6-12(16-10(2)18-23-11(16)3)4-5-14(9)19-8-13(17(21)22)7-15(19)20/h4-6,13H,7-8H2,1-3H3,(H,21,22). The zero-order valence-corrected chi connectivity index (χ0v) is 13.3. The van der Waals surface area contributed by atoms with E-state index < -0.39 is 11.9 Å². The number of anilines is 1. The van der Waals surface area contributed by atoms with Crippen LogP contribution in [0, 0.1) is 26.7 Å². The van der Waals surface area contributed by atoms with Crippen molar-refractivity contribution >= 4 is 17.6 Å². The van der Waals surface area contributed by atoms with Crippen LogP contribution in [0.4, 0.5) is 5.69 Å². The van der Waals surface area contributed by atoms with E-state index in [-0.39, 0.29) is 18.9 Å². The molecular weight excluding hydrogens is 296 g/mol. The first kappa shape index (κ1) is 15.3. The van der Waals surface area contributed by atoms with Gasteiger partial charge in [-0.3, -0.25) is 9.59 Å². The number of carboxylic acids is 1. The predicted octanol–water partition coefficient (Wildman–Crippen LogP) is 2.70. The van der Waals surface area contributed by atoms with Crippen molar-refractivity contribution in [3.63, 3.8) is 0 Å². The maximum atomic E-state index is 12.1. The van der Waals surface area contributed by atoms with Crippen molar-refractivity contribution in [3.05, 3.63) is 35.2 Å². The highest BCUT2D eigenvalue weighted by Crippen LogP contribution is 2.33. The van der Waals surface area contributed by atoms with E-state index in [2.05, 4.69) is 5.16 Å². The van der Waals surface area contributed by atoms with Gasteiger partial charge in [0.25, 0.3) is 0 Å². The minimum absolute atomic E-state index is 0.0559. The second-order valence-electron chi connectivity index (χ2n) is 5.94. The fourth-order valence-corrected chi connectivity index (χ4v) is 3.11. The minimum Gasteiger partial charge on any atom is -0.481 e. The van der Waals surface area contributed by atoms with E-state index in [9.17, 15) is 9.59 Å². The smallest absolute Gasteiger partial charge is 0.308 e. The summed E-state index contributed by atoms with van der Waals surface area (Å²) in [6, 6.07) is 5.75. The van der Waals surface area contributed by atoms with Crippen LogP contribution < -0.4 is 4.90 Å². The molecule has 1 aliphatic rings. The molecule has 1 atom stereocenters. The summed E-state index contributed by atoms with van der Waals surface area (Å²) in [6.45, 7) is 5.88. The number of carbonyl (C=O) groups is 2. The average Bonchev–Trinajstić information content (AvgIpc) is 3.02. The molecule has 120 valence electrons. The van der Waals surface area contributed by atoms with E-state index in [1.165, 1.54) is 0 Å². The molecule has 0 radical (unpaired) electrons. The van der Waals surface area contributed by atoms with Crippen LogP contribution in [0.5, 0.6) is 0 Å². The third-order valence-corrected chi connectivity index (χ3v) is 4.28. The molecule has 23 heavy (non-hydrogen) atoms. The van der Waals surface area contributed by atoms with Crippen molar-refractivity contribution in [1.82, 2.24) is 5.16 Å². The van der Waals surface area contributed by atoms with Crippen LogP contribution in [0.15, 0.2) is 22.7 Å². The number of carbonyl (C=O) groups excluding carboxylic acids is 1. The average molecular weight is 314 g/mol. The molecule has 1 saturated heterocycles. The van der Waals surface area contributed by atoms with Crippen molar-refractivity contribution in [2.24, 2.45) is 5.92 Å². The quantitative estimate of drug-likeness (QED) is 0.941. The van der Waals surface area contributed by atoms with E-state index in [4.69, 9.17) is 9.63 Å². The third kappa shape index (κ3) is 2.60. The van der Waals surface area contributed by atoms with E-state index in [0.717, 1.165) is 33.8 Å². The fourth-order valence-electron chi connectivity index (χ4n) is 3.11. The first-order valence-electron chi connectivity index (χ1n) is 7.45. The molecule has 0 bridgehead atoms. The Morgan fingerprint density at radius 3 is 2.61 bits per heavy atom. The van der Waals surface area contributed by atoms with Gasteiger partial charge in [-0.25, -0.2) is 0 Å². The molecule has 1 amide bonds. The number of hydrogen-bond donors (Lipinski definition) is 1.